The molecule has 3 aliphatic rings. The Morgan fingerprint density at radius 2 is 1.85 bits per heavy atom. The highest BCUT2D eigenvalue weighted by molar-refractivity contribution is 6.08. The van der Waals surface area contributed by atoms with Crippen molar-refractivity contribution in [3.8, 4) is 0 Å². The van der Waals surface area contributed by atoms with Crippen LogP contribution in [-0.2, 0) is 9.59 Å². The molecule has 0 aromatic carbocycles. The predicted octanol–water partition coefficient (Wildman–Crippen LogP) is 0.732. The number of hydrazine groups is 1. The summed E-state index contributed by atoms with van der Waals surface area (Å²) in [5.74, 6) is -1.49. The van der Waals surface area contributed by atoms with E-state index in [1.165, 1.54) is 12.3 Å². The SMILES string of the molecule is O=C(NN1C(=O)[C@@H]2[C@@H](C1=O)[C@H]1C=C[C@@H]2C1)c1ccco1. The fourth-order valence-electron chi connectivity index (χ4n) is 3.58. The minimum atomic E-state index is -0.586. The summed E-state index contributed by atoms with van der Waals surface area (Å²) in [6.07, 6.45) is 6.25. The Balaban J connectivity index is 1.57. The molecule has 1 aromatic rings. The number of imide groups is 1. The highest BCUT2D eigenvalue weighted by Gasteiger charge is 2.59. The first kappa shape index (κ1) is 11.5. The quantitative estimate of drug-likeness (QED) is 0.636. The van der Waals surface area contributed by atoms with Crippen LogP contribution < -0.4 is 5.43 Å². The Morgan fingerprint density at radius 1 is 1.20 bits per heavy atom. The zero-order valence-electron chi connectivity index (χ0n) is 10.5. The second-order valence-electron chi connectivity index (χ2n) is 5.43. The number of carbonyl (C=O) groups is 3. The van der Waals surface area contributed by atoms with Crippen LogP contribution in [0.2, 0.25) is 0 Å². The third kappa shape index (κ3) is 1.36. The summed E-state index contributed by atoms with van der Waals surface area (Å²) >= 11 is 0. The van der Waals surface area contributed by atoms with Crippen molar-refractivity contribution in [2.75, 3.05) is 0 Å². The predicted molar refractivity (Wildman–Crippen MR) is 65.7 cm³/mol. The van der Waals surface area contributed by atoms with Crippen LogP contribution in [0.5, 0.6) is 0 Å². The zero-order chi connectivity index (χ0) is 13.9. The van der Waals surface area contributed by atoms with E-state index in [-0.39, 0.29) is 41.2 Å². The summed E-state index contributed by atoms with van der Waals surface area (Å²) < 4.78 is 4.95. The van der Waals surface area contributed by atoms with Crippen molar-refractivity contribution in [2.24, 2.45) is 23.7 Å². The van der Waals surface area contributed by atoms with E-state index in [1.807, 2.05) is 12.2 Å². The molecule has 4 rings (SSSR count). The highest BCUT2D eigenvalue weighted by atomic mass is 16.3. The van der Waals surface area contributed by atoms with Crippen LogP contribution in [0.4, 0.5) is 0 Å². The van der Waals surface area contributed by atoms with E-state index < -0.39 is 5.91 Å². The lowest BCUT2D eigenvalue weighted by Gasteiger charge is -2.17. The molecule has 6 nitrogen and oxygen atoms in total. The zero-order valence-corrected chi connectivity index (χ0v) is 10.5. The first-order chi connectivity index (χ1) is 9.66. The second-order valence-corrected chi connectivity index (χ2v) is 5.43. The summed E-state index contributed by atoms with van der Waals surface area (Å²) in [6.45, 7) is 0. The summed E-state index contributed by atoms with van der Waals surface area (Å²) in [6, 6.07) is 3.05. The number of allylic oxidation sites excluding steroid dienone is 2. The Kier molecular flexibility index (Phi) is 2.19. The minimum Gasteiger partial charge on any atom is -0.459 e. The summed E-state index contributed by atoms with van der Waals surface area (Å²) in [5, 5.41) is 0.867. The Bertz CT molecular complexity index is 604. The molecule has 2 heterocycles. The fraction of sp³-hybridized carbons (Fsp3) is 0.357. The third-order valence-electron chi connectivity index (χ3n) is 4.43. The van der Waals surface area contributed by atoms with E-state index in [1.54, 1.807) is 6.07 Å². The van der Waals surface area contributed by atoms with E-state index in [0.29, 0.717) is 0 Å². The molecular weight excluding hydrogens is 260 g/mol. The maximum atomic E-state index is 12.3. The van der Waals surface area contributed by atoms with Gasteiger partial charge in [0.15, 0.2) is 5.76 Å². The van der Waals surface area contributed by atoms with Crippen LogP contribution in [0.1, 0.15) is 17.0 Å². The van der Waals surface area contributed by atoms with E-state index in [9.17, 15) is 14.4 Å². The number of rotatable bonds is 2. The summed E-state index contributed by atoms with van der Waals surface area (Å²) in [5.41, 5.74) is 2.35. The molecule has 0 unspecified atom stereocenters. The number of hydrogen-bond donors (Lipinski definition) is 1. The average Bonchev–Trinajstić information content (AvgIpc) is 3.18. The normalized spacial score (nSPS) is 33.9. The lowest BCUT2D eigenvalue weighted by molar-refractivity contribution is -0.143. The molecule has 1 aliphatic heterocycles. The van der Waals surface area contributed by atoms with Gasteiger partial charge in [0.2, 0.25) is 0 Å². The number of hydrogen-bond acceptors (Lipinski definition) is 4. The van der Waals surface area contributed by atoms with Crippen LogP contribution in [0.3, 0.4) is 0 Å². The molecule has 102 valence electrons. The molecule has 1 saturated carbocycles. The van der Waals surface area contributed by atoms with E-state index in [4.69, 9.17) is 4.42 Å². The molecule has 6 heteroatoms. The van der Waals surface area contributed by atoms with Gasteiger partial charge in [-0.05, 0) is 30.4 Å². The van der Waals surface area contributed by atoms with Crippen LogP contribution in [0.25, 0.3) is 0 Å². The largest absolute Gasteiger partial charge is 0.459 e. The molecule has 0 spiro atoms. The smallest absolute Gasteiger partial charge is 0.305 e. The van der Waals surface area contributed by atoms with Gasteiger partial charge >= 0.3 is 5.91 Å². The Morgan fingerprint density at radius 3 is 2.40 bits per heavy atom. The molecular formula is C14H12N2O4. The maximum absolute atomic E-state index is 12.3. The van der Waals surface area contributed by atoms with Crippen LogP contribution in [-0.4, -0.2) is 22.7 Å². The van der Waals surface area contributed by atoms with Gasteiger partial charge in [0.05, 0.1) is 18.1 Å². The number of nitrogens with zero attached hydrogens (tertiary/aromatic N) is 1. The summed E-state index contributed by atoms with van der Waals surface area (Å²) in [7, 11) is 0. The van der Waals surface area contributed by atoms with Crippen molar-refractivity contribution in [1.29, 1.82) is 0 Å². The number of furan rings is 1. The molecule has 0 radical (unpaired) electrons. The van der Waals surface area contributed by atoms with E-state index >= 15 is 0 Å². The van der Waals surface area contributed by atoms with Crippen molar-refractivity contribution in [2.45, 2.75) is 6.42 Å². The minimum absolute atomic E-state index is 0.0729. The van der Waals surface area contributed by atoms with Crippen molar-refractivity contribution < 1.29 is 18.8 Å². The topological polar surface area (TPSA) is 79.6 Å². The molecule has 1 N–H and O–H groups in total. The van der Waals surface area contributed by atoms with Gasteiger partial charge in [-0.3, -0.25) is 19.8 Å². The highest BCUT2D eigenvalue weighted by Crippen LogP contribution is 2.52. The lowest BCUT2D eigenvalue weighted by Crippen LogP contribution is -2.47. The van der Waals surface area contributed by atoms with Crippen LogP contribution >= 0.6 is 0 Å². The average molecular weight is 272 g/mol. The first-order valence-electron chi connectivity index (χ1n) is 6.57. The summed E-state index contributed by atoms with van der Waals surface area (Å²) in [4.78, 5) is 36.5. The number of amides is 3. The molecule has 2 fully saturated rings. The lowest BCUT2D eigenvalue weighted by atomic mass is 9.85. The molecule has 1 aromatic heterocycles. The van der Waals surface area contributed by atoms with E-state index in [2.05, 4.69) is 5.43 Å². The van der Waals surface area contributed by atoms with Crippen LogP contribution in [0, 0.1) is 23.7 Å². The van der Waals surface area contributed by atoms with Crippen molar-refractivity contribution in [3.63, 3.8) is 0 Å². The second kappa shape index (κ2) is 3.82. The van der Waals surface area contributed by atoms with Crippen LogP contribution in [0.15, 0.2) is 35.0 Å². The standard InChI is InChI=1S/C14H12N2O4/c17-12(9-2-1-5-20-9)15-16-13(18)10-7-3-4-8(6-7)11(10)14(16)19/h1-5,7-8,10-11H,6H2,(H,15,17)/t7-,8+,10-,11-/m0/s1. The molecule has 1 saturated heterocycles. The number of carbonyl (C=O) groups excluding carboxylic acids is 3. The first-order valence-corrected chi connectivity index (χ1v) is 6.57. The number of nitrogens with one attached hydrogen (secondary N) is 1. The molecule has 2 bridgehead atoms. The van der Waals surface area contributed by atoms with Crippen molar-refractivity contribution >= 4 is 17.7 Å². The third-order valence-corrected chi connectivity index (χ3v) is 4.43. The van der Waals surface area contributed by atoms with Gasteiger partial charge < -0.3 is 4.42 Å². The van der Waals surface area contributed by atoms with Crippen molar-refractivity contribution in [1.82, 2.24) is 10.4 Å². The maximum Gasteiger partial charge on any atom is 0.305 e. The monoisotopic (exact) mass is 272 g/mol. The van der Waals surface area contributed by atoms with Gasteiger partial charge in [-0.1, -0.05) is 12.2 Å². The van der Waals surface area contributed by atoms with Gasteiger partial charge in [0, 0.05) is 0 Å². The Labute approximate surface area is 114 Å². The fourth-order valence-corrected chi connectivity index (χ4v) is 3.58. The Hall–Kier alpha value is -2.37. The molecule has 20 heavy (non-hydrogen) atoms. The molecule has 4 atom stereocenters. The molecule has 3 amide bonds. The van der Waals surface area contributed by atoms with Gasteiger partial charge in [0.1, 0.15) is 0 Å². The van der Waals surface area contributed by atoms with Gasteiger partial charge in [0.25, 0.3) is 11.8 Å². The van der Waals surface area contributed by atoms with Gasteiger partial charge in [-0.25, -0.2) is 0 Å². The molecule has 2 aliphatic carbocycles. The van der Waals surface area contributed by atoms with E-state index in [0.717, 1.165) is 11.4 Å². The van der Waals surface area contributed by atoms with Crippen molar-refractivity contribution in [3.05, 3.63) is 36.3 Å². The van der Waals surface area contributed by atoms with Gasteiger partial charge in [-0.2, -0.15) is 5.01 Å². The van der Waals surface area contributed by atoms with Gasteiger partial charge in [-0.15, -0.1) is 0 Å². The number of fused-ring (bicyclic) bond motifs is 5.